The number of carbonyl (C=O) groups excluding carboxylic acids is 1. The summed E-state index contributed by atoms with van der Waals surface area (Å²) in [4.78, 5) is 13.1. The van der Waals surface area contributed by atoms with Crippen LogP contribution in [0.25, 0.3) is 0 Å². The van der Waals surface area contributed by atoms with E-state index in [-0.39, 0.29) is 31.0 Å². The molecule has 0 fully saturated rings. The van der Waals surface area contributed by atoms with Crippen molar-refractivity contribution in [3.05, 3.63) is 53.1 Å². The monoisotopic (exact) mass is 397 g/mol. The number of phenolic OH excluding ortho intramolecular Hbond substituents is 2. The Labute approximate surface area is 158 Å². The van der Waals surface area contributed by atoms with Crippen LogP contribution in [-0.2, 0) is 11.2 Å². The Hall–Kier alpha value is -2.35. The lowest BCUT2D eigenvalue weighted by molar-refractivity contribution is -0.185. The highest BCUT2D eigenvalue weighted by molar-refractivity contribution is 7.98. The predicted molar refractivity (Wildman–Crippen MR) is 96.2 cm³/mol. The zero-order valence-corrected chi connectivity index (χ0v) is 15.3. The number of halogens is 3. The van der Waals surface area contributed by atoms with E-state index in [0.717, 1.165) is 10.5 Å². The molecular weight excluding hydrogens is 379 g/mol. The number of hydrogen-bond acceptors (Lipinski definition) is 4. The van der Waals surface area contributed by atoms with E-state index >= 15 is 0 Å². The predicted octanol–water partition coefficient (Wildman–Crippen LogP) is 3.90. The van der Waals surface area contributed by atoms with Crippen molar-refractivity contribution in [3.63, 3.8) is 0 Å². The van der Waals surface area contributed by atoms with Crippen LogP contribution in [0.3, 0.4) is 0 Å². The number of benzene rings is 2. The van der Waals surface area contributed by atoms with Crippen LogP contribution in [0.5, 0.6) is 11.5 Å². The summed E-state index contributed by atoms with van der Waals surface area (Å²) in [5.41, 5.74) is 2.01. The topological polar surface area (TPSA) is 60.8 Å². The fourth-order valence-corrected chi connectivity index (χ4v) is 4.24. The van der Waals surface area contributed by atoms with Gasteiger partial charge in [-0.1, -0.05) is 30.3 Å². The van der Waals surface area contributed by atoms with E-state index < -0.39 is 18.0 Å². The van der Waals surface area contributed by atoms with Gasteiger partial charge in [-0.15, -0.1) is 11.8 Å². The quantitative estimate of drug-likeness (QED) is 0.596. The summed E-state index contributed by atoms with van der Waals surface area (Å²) in [6, 6.07) is 10.3. The second-order valence-corrected chi connectivity index (χ2v) is 7.12. The highest BCUT2D eigenvalue weighted by atomic mass is 32.2. The Morgan fingerprint density at radius 1 is 1.22 bits per heavy atom. The molecule has 1 unspecified atom stereocenters. The number of amides is 1. The molecular formula is C19H18F3NO3S. The molecule has 1 heterocycles. The van der Waals surface area contributed by atoms with E-state index in [2.05, 4.69) is 0 Å². The van der Waals surface area contributed by atoms with Crippen LogP contribution in [0.1, 0.15) is 22.6 Å². The zero-order valence-electron chi connectivity index (χ0n) is 14.5. The molecule has 0 spiro atoms. The molecule has 0 saturated carbocycles. The van der Waals surface area contributed by atoms with Crippen LogP contribution in [0.4, 0.5) is 13.2 Å². The maximum Gasteiger partial charge on any atom is 0.471 e. The summed E-state index contributed by atoms with van der Waals surface area (Å²) in [6.07, 6.45) is -3.08. The Morgan fingerprint density at radius 2 is 1.89 bits per heavy atom. The van der Waals surface area contributed by atoms with Gasteiger partial charge >= 0.3 is 12.1 Å². The number of aromatic hydroxyl groups is 2. The summed E-state index contributed by atoms with van der Waals surface area (Å²) in [7, 11) is 0. The Balaban J connectivity index is 2.16. The number of phenols is 2. The number of alkyl halides is 3. The first-order valence-corrected chi connectivity index (χ1v) is 9.49. The van der Waals surface area contributed by atoms with Crippen LogP contribution in [0, 0.1) is 0 Å². The molecule has 2 N–H and O–H groups in total. The van der Waals surface area contributed by atoms with Gasteiger partial charge in [-0.05, 0) is 35.4 Å². The molecule has 0 aromatic heterocycles. The van der Waals surface area contributed by atoms with Gasteiger partial charge in [-0.3, -0.25) is 4.79 Å². The maximum absolute atomic E-state index is 13.0. The average Bonchev–Trinajstić information content (AvgIpc) is 2.82. The van der Waals surface area contributed by atoms with Crippen molar-refractivity contribution in [2.45, 2.75) is 23.4 Å². The molecule has 1 aliphatic heterocycles. The molecule has 1 amide bonds. The van der Waals surface area contributed by atoms with E-state index in [1.165, 1.54) is 17.8 Å². The molecule has 0 aliphatic carbocycles. The van der Waals surface area contributed by atoms with Crippen molar-refractivity contribution in [3.8, 4) is 11.5 Å². The highest BCUT2D eigenvalue weighted by Gasteiger charge is 2.44. The smallest absolute Gasteiger partial charge is 0.471 e. The zero-order chi connectivity index (χ0) is 19.8. The Morgan fingerprint density at radius 3 is 2.48 bits per heavy atom. The standard InChI is InChI=1S/C19H18F3NO3S/c1-27-17-12-7-8-23(18(26)19(20,21)22)10-14(11-5-3-2-4-6-11)13(12)9-15(24)16(17)25/h2-6,9,14,24-25H,7-8,10H2,1H3. The molecule has 0 bridgehead atoms. The minimum absolute atomic E-state index is 0.119. The molecule has 2 aromatic rings. The second-order valence-electron chi connectivity index (χ2n) is 6.31. The lowest BCUT2D eigenvalue weighted by atomic mass is 9.87. The minimum Gasteiger partial charge on any atom is -0.504 e. The number of hydrogen-bond donors (Lipinski definition) is 2. The van der Waals surface area contributed by atoms with E-state index in [0.29, 0.717) is 16.0 Å². The molecule has 144 valence electrons. The number of carbonyl (C=O) groups is 1. The summed E-state index contributed by atoms with van der Waals surface area (Å²) in [5.74, 6) is -3.04. The molecule has 3 rings (SSSR count). The third-order valence-electron chi connectivity index (χ3n) is 4.72. The molecule has 2 aromatic carbocycles. The first-order chi connectivity index (χ1) is 12.7. The van der Waals surface area contributed by atoms with Gasteiger partial charge in [0.05, 0.1) is 4.90 Å². The van der Waals surface area contributed by atoms with Crippen LogP contribution >= 0.6 is 11.8 Å². The first kappa shape index (κ1) is 19.4. The number of fused-ring (bicyclic) bond motifs is 1. The largest absolute Gasteiger partial charge is 0.504 e. The van der Waals surface area contributed by atoms with E-state index in [1.54, 1.807) is 36.6 Å². The van der Waals surface area contributed by atoms with Crippen molar-refractivity contribution in [1.29, 1.82) is 0 Å². The third-order valence-corrected chi connectivity index (χ3v) is 5.57. The van der Waals surface area contributed by atoms with Crippen LogP contribution in [0.2, 0.25) is 0 Å². The highest BCUT2D eigenvalue weighted by Crippen LogP contribution is 2.45. The molecule has 1 aliphatic rings. The molecule has 8 heteroatoms. The van der Waals surface area contributed by atoms with Crippen molar-refractivity contribution < 1.29 is 28.2 Å². The fraction of sp³-hybridized carbons (Fsp3) is 0.316. The van der Waals surface area contributed by atoms with E-state index in [9.17, 15) is 28.2 Å². The van der Waals surface area contributed by atoms with Gasteiger partial charge < -0.3 is 15.1 Å². The minimum atomic E-state index is -4.95. The first-order valence-electron chi connectivity index (χ1n) is 8.26. The summed E-state index contributed by atoms with van der Waals surface area (Å²) in [5, 5.41) is 20.3. The molecule has 4 nitrogen and oxygen atoms in total. The summed E-state index contributed by atoms with van der Waals surface area (Å²) in [6.45, 7) is -0.278. The SMILES string of the molecule is CSc1c(O)c(O)cc2c1CCN(C(=O)C(F)(F)F)CC2c1ccccc1. The lowest BCUT2D eigenvalue weighted by Gasteiger charge is -2.26. The number of rotatable bonds is 2. The number of thioether (sulfide) groups is 1. The third kappa shape index (κ3) is 3.71. The normalized spacial score (nSPS) is 17.3. The average molecular weight is 397 g/mol. The van der Waals surface area contributed by atoms with Gasteiger partial charge in [0, 0.05) is 19.0 Å². The summed E-state index contributed by atoms with van der Waals surface area (Å²) >= 11 is 1.21. The van der Waals surface area contributed by atoms with Crippen LogP contribution in [-0.4, -0.2) is 46.5 Å². The van der Waals surface area contributed by atoms with Gasteiger partial charge in [0.15, 0.2) is 11.5 Å². The summed E-state index contributed by atoms with van der Waals surface area (Å²) < 4.78 is 39.1. The molecule has 27 heavy (non-hydrogen) atoms. The van der Waals surface area contributed by atoms with Crippen LogP contribution in [0.15, 0.2) is 41.3 Å². The molecule has 0 radical (unpaired) electrons. The van der Waals surface area contributed by atoms with Crippen molar-refractivity contribution in [1.82, 2.24) is 4.90 Å². The lowest BCUT2D eigenvalue weighted by Crippen LogP contribution is -2.43. The van der Waals surface area contributed by atoms with Crippen molar-refractivity contribution >= 4 is 17.7 Å². The van der Waals surface area contributed by atoms with E-state index in [4.69, 9.17) is 0 Å². The van der Waals surface area contributed by atoms with Gasteiger partial charge in [0.2, 0.25) is 0 Å². The van der Waals surface area contributed by atoms with Crippen LogP contribution < -0.4 is 0 Å². The van der Waals surface area contributed by atoms with Crippen molar-refractivity contribution in [2.24, 2.45) is 0 Å². The maximum atomic E-state index is 13.0. The van der Waals surface area contributed by atoms with Gasteiger partial charge in [-0.2, -0.15) is 13.2 Å². The van der Waals surface area contributed by atoms with Gasteiger partial charge in [0.1, 0.15) is 0 Å². The fourth-order valence-electron chi connectivity index (χ4n) is 3.47. The Bertz CT molecular complexity index is 856. The molecule has 1 atom stereocenters. The number of nitrogens with zero attached hydrogens (tertiary/aromatic N) is 1. The Kier molecular flexibility index (Phi) is 5.28. The van der Waals surface area contributed by atoms with Gasteiger partial charge in [-0.25, -0.2) is 0 Å². The second kappa shape index (κ2) is 7.34. The van der Waals surface area contributed by atoms with E-state index in [1.807, 2.05) is 0 Å². The molecule has 0 saturated heterocycles. The van der Waals surface area contributed by atoms with Crippen molar-refractivity contribution in [2.75, 3.05) is 19.3 Å². The van der Waals surface area contributed by atoms with Gasteiger partial charge in [0.25, 0.3) is 0 Å².